The van der Waals surface area contributed by atoms with Gasteiger partial charge in [-0.3, -0.25) is 14.4 Å². The highest BCUT2D eigenvalue weighted by Gasteiger charge is 2.05. The van der Waals surface area contributed by atoms with Gasteiger partial charge in [-0.1, -0.05) is 70.9 Å². The summed E-state index contributed by atoms with van der Waals surface area (Å²) in [6.07, 6.45) is 11.2. The molecule has 0 atom stereocenters. The van der Waals surface area contributed by atoms with Gasteiger partial charge in [0.05, 0.1) is 32.7 Å². The van der Waals surface area contributed by atoms with E-state index in [1.807, 2.05) is 50.2 Å². The molecule has 0 unspecified atom stereocenters. The third-order valence-corrected chi connectivity index (χ3v) is 5.21. The van der Waals surface area contributed by atoms with Crippen molar-refractivity contribution in [1.82, 2.24) is 0 Å². The predicted molar refractivity (Wildman–Crippen MR) is 170 cm³/mol. The van der Waals surface area contributed by atoms with Gasteiger partial charge < -0.3 is 14.2 Å². The minimum atomic E-state index is -0.269. The fourth-order valence-electron chi connectivity index (χ4n) is 3.18. The number of Topliss-reactive ketones (excluding diaryl/α,β-unsaturated/α-hetero) is 2. The van der Waals surface area contributed by atoms with Crippen LogP contribution in [0.1, 0.15) is 76.5 Å². The molecule has 6 nitrogen and oxygen atoms in total. The van der Waals surface area contributed by atoms with E-state index in [-0.39, 0.29) is 37.0 Å². The van der Waals surface area contributed by atoms with E-state index in [1.165, 1.54) is 5.56 Å². The van der Waals surface area contributed by atoms with Crippen LogP contribution < -0.4 is 9.47 Å². The van der Waals surface area contributed by atoms with E-state index >= 15 is 0 Å². The van der Waals surface area contributed by atoms with Crippen molar-refractivity contribution in [2.24, 2.45) is 0 Å². The zero-order chi connectivity index (χ0) is 31.6. The smallest absolute Gasteiger partial charge is 0.305 e. The molecule has 1 radical (unpaired) electrons. The summed E-state index contributed by atoms with van der Waals surface area (Å²) >= 11 is 0. The maximum absolute atomic E-state index is 11.5. The topological polar surface area (TPSA) is 78.9 Å². The van der Waals surface area contributed by atoms with Crippen molar-refractivity contribution in [3.8, 4) is 35.7 Å². The fraction of sp³-hybridized carbons (Fsp3) is 0.389. The van der Waals surface area contributed by atoms with E-state index in [9.17, 15) is 14.4 Å². The van der Waals surface area contributed by atoms with Gasteiger partial charge in [0, 0.05) is 12.8 Å². The van der Waals surface area contributed by atoms with Gasteiger partial charge in [-0.05, 0) is 72.6 Å². The molecule has 0 aliphatic carbocycles. The van der Waals surface area contributed by atoms with Gasteiger partial charge in [0.2, 0.25) is 11.6 Å². The molecule has 0 saturated carbocycles. The van der Waals surface area contributed by atoms with Gasteiger partial charge in [0.1, 0.15) is 11.5 Å². The zero-order valence-electron chi connectivity index (χ0n) is 25.6. The Kier molecular flexibility index (Phi) is 22.0. The molecule has 0 saturated heterocycles. The van der Waals surface area contributed by atoms with Crippen LogP contribution in [-0.2, 0) is 32.0 Å². The lowest BCUT2D eigenvalue weighted by atomic mass is 10.0. The molecule has 2 aromatic carbocycles. The number of aryl methyl sites for hydroxylation is 2. The summed E-state index contributed by atoms with van der Waals surface area (Å²) in [7, 11) is 0. The van der Waals surface area contributed by atoms with Crippen molar-refractivity contribution < 1.29 is 28.6 Å². The van der Waals surface area contributed by atoms with Gasteiger partial charge in [-0.2, -0.15) is 0 Å². The molecule has 0 heterocycles. The average Bonchev–Trinajstić information content (AvgIpc) is 3.00. The molecule has 0 spiro atoms. The third-order valence-electron chi connectivity index (χ3n) is 5.21. The summed E-state index contributed by atoms with van der Waals surface area (Å²) in [4.78, 5) is 33.0. The first-order valence-electron chi connectivity index (χ1n) is 14.3. The Hall–Kier alpha value is -4.29. The molecule has 225 valence electrons. The Bertz CT molecular complexity index is 1190. The summed E-state index contributed by atoms with van der Waals surface area (Å²) in [6, 6.07) is 13.8. The van der Waals surface area contributed by atoms with Gasteiger partial charge in [0.25, 0.3) is 0 Å². The summed E-state index contributed by atoms with van der Waals surface area (Å²) in [5.41, 5.74) is 3.25. The van der Waals surface area contributed by atoms with E-state index in [0.29, 0.717) is 31.8 Å². The third kappa shape index (κ3) is 18.9. The fourth-order valence-corrected chi connectivity index (χ4v) is 3.18. The lowest BCUT2D eigenvalue weighted by molar-refractivity contribution is -0.142. The number of benzene rings is 2. The number of hydrogen-bond acceptors (Lipinski definition) is 6. The molecule has 2 rings (SSSR count). The normalized spacial score (nSPS) is 9.24. The van der Waals surface area contributed by atoms with Crippen molar-refractivity contribution in [1.29, 1.82) is 0 Å². The molecular formula is C36H45O6. The van der Waals surface area contributed by atoms with Crippen molar-refractivity contribution in [2.45, 2.75) is 72.6 Å². The molecule has 0 aliphatic heterocycles. The first kappa shape index (κ1) is 37.7. The minimum absolute atomic E-state index is 0.101. The average molecular weight is 574 g/mol. The van der Waals surface area contributed by atoms with Crippen LogP contribution in [0.15, 0.2) is 49.0 Å². The molecule has 0 fully saturated rings. The van der Waals surface area contributed by atoms with E-state index in [1.54, 1.807) is 19.9 Å². The maximum atomic E-state index is 11.5. The molecule has 0 amide bonds. The van der Waals surface area contributed by atoms with Crippen molar-refractivity contribution in [3.63, 3.8) is 0 Å². The van der Waals surface area contributed by atoms with E-state index in [0.717, 1.165) is 36.1 Å². The summed E-state index contributed by atoms with van der Waals surface area (Å²) in [5.74, 6) is 8.38. The SMILES string of the molecule is C#CC(=O)CCOc1cc(C=C)cc(CCc2ccc(OCCC(=O)C#CCC)cc2)c1.CCOC(=O)CC.[CH2]CC. The number of ketones is 2. The van der Waals surface area contributed by atoms with Gasteiger partial charge >= 0.3 is 5.97 Å². The van der Waals surface area contributed by atoms with E-state index in [4.69, 9.17) is 15.9 Å². The van der Waals surface area contributed by atoms with Crippen molar-refractivity contribution in [3.05, 3.63) is 72.7 Å². The Morgan fingerprint density at radius 3 is 1.98 bits per heavy atom. The van der Waals surface area contributed by atoms with Crippen LogP contribution in [0.4, 0.5) is 0 Å². The standard InChI is InChI=1S/C28H28O4.C5H10O2.C3H7/c1-4-7-8-26(30)16-18-31-27-13-11-23(12-14-27)9-10-24-19-22(5-2)20-28(21-24)32-17-15-25(29)6-3;1-3-5(6)7-4-2;1-3-2/h3,5,11-14,19-21H,2,4,9-10,15-18H2,1H3;3-4H2,1-2H3;1,3H2,2H3. The van der Waals surface area contributed by atoms with Crippen molar-refractivity contribution in [2.75, 3.05) is 19.8 Å². The van der Waals surface area contributed by atoms with Crippen LogP contribution in [0.5, 0.6) is 11.5 Å². The zero-order valence-corrected chi connectivity index (χ0v) is 25.6. The summed E-state index contributed by atoms with van der Waals surface area (Å²) < 4.78 is 15.9. The number of hydrogen-bond donors (Lipinski definition) is 0. The Morgan fingerprint density at radius 1 is 0.857 bits per heavy atom. The van der Waals surface area contributed by atoms with Crippen LogP contribution in [-0.4, -0.2) is 37.4 Å². The van der Waals surface area contributed by atoms with Gasteiger partial charge in [0.15, 0.2) is 0 Å². The minimum Gasteiger partial charge on any atom is -0.493 e. The molecular weight excluding hydrogens is 528 g/mol. The monoisotopic (exact) mass is 573 g/mol. The predicted octanol–water partition coefficient (Wildman–Crippen LogP) is 7.03. The second-order valence-corrected chi connectivity index (χ2v) is 8.76. The molecule has 0 N–H and O–H groups in total. The Balaban J connectivity index is 0.00000144. The van der Waals surface area contributed by atoms with Crippen molar-refractivity contribution >= 4 is 23.6 Å². The maximum Gasteiger partial charge on any atom is 0.305 e. The first-order chi connectivity index (χ1) is 20.3. The first-order valence-corrected chi connectivity index (χ1v) is 14.3. The van der Waals surface area contributed by atoms with Crippen LogP contribution in [0.3, 0.4) is 0 Å². The highest BCUT2D eigenvalue weighted by Crippen LogP contribution is 2.21. The molecule has 0 bridgehead atoms. The number of carbonyl (C=O) groups excluding carboxylic acids is 3. The van der Waals surface area contributed by atoms with Crippen LogP contribution in [0.25, 0.3) is 6.08 Å². The van der Waals surface area contributed by atoms with Crippen LogP contribution in [0.2, 0.25) is 0 Å². The quantitative estimate of drug-likeness (QED) is 0.137. The lowest BCUT2D eigenvalue weighted by Crippen LogP contribution is -2.04. The highest BCUT2D eigenvalue weighted by atomic mass is 16.5. The number of rotatable bonds is 14. The molecule has 42 heavy (non-hydrogen) atoms. The largest absolute Gasteiger partial charge is 0.493 e. The molecule has 0 aliphatic rings. The number of carbonyl (C=O) groups is 3. The summed E-state index contributed by atoms with van der Waals surface area (Å²) in [5, 5.41) is 0. The van der Waals surface area contributed by atoms with Gasteiger partial charge in [-0.25, -0.2) is 0 Å². The second-order valence-electron chi connectivity index (χ2n) is 8.76. The number of ether oxygens (including phenoxy) is 3. The lowest BCUT2D eigenvalue weighted by Gasteiger charge is -2.10. The number of terminal acetylenes is 1. The van der Waals surface area contributed by atoms with E-state index < -0.39 is 0 Å². The summed E-state index contributed by atoms with van der Waals surface area (Å²) in [6.45, 7) is 15.9. The van der Waals surface area contributed by atoms with E-state index in [2.05, 4.69) is 42.1 Å². The highest BCUT2D eigenvalue weighted by molar-refractivity contribution is 5.95. The molecule has 6 heteroatoms. The second kappa shape index (κ2) is 24.5. The molecule has 2 aromatic rings. The Labute approximate surface area is 252 Å². The Morgan fingerprint density at radius 2 is 1.45 bits per heavy atom. The van der Waals surface area contributed by atoms with Gasteiger partial charge in [-0.15, -0.1) is 6.42 Å². The van der Waals surface area contributed by atoms with Crippen LogP contribution in [0, 0.1) is 31.1 Å². The number of esters is 1. The molecule has 0 aromatic heterocycles. The van der Waals surface area contributed by atoms with Crippen LogP contribution >= 0.6 is 0 Å².